The van der Waals surface area contributed by atoms with Gasteiger partial charge in [-0.05, 0) is 44.0 Å². The first-order valence-electron chi connectivity index (χ1n) is 7.88. The molecular formula is C18H19Cl2NO3S. The number of ether oxygens (including phenoxy) is 1. The first-order valence-corrected chi connectivity index (χ1v) is 9.45. The van der Waals surface area contributed by atoms with Gasteiger partial charge in [-0.3, -0.25) is 4.79 Å². The molecule has 7 heteroatoms. The third-order valence-electron chi connectivity index (χ3n) is 3.60. The summed E-state index contributed by atoms with van der Waals surface area (Å²) in [5, 5.41) is 3.19. The molecule has 2 rings (SSSR count). The van der Waals surface area contributed by atoms with E-state index in [1.165, 1.54) is 18.3 Å². The summed E-state index contributed by atoms with van der Waals surface area (Å²) >= 11 is 13.3. The third-order valence-corrected chi connectivity index (χ3v) is 5.50. The van der Waals surface area contributed by atoms with Crippen LogP contribution in [-0.4, -0.2) is 18.0 Å². The largest absolute Gasteiger partial charge is 0.448 e. The zero-order valence-corrected chi connectivity index (χ0v) is 16.5. The Balaban J connectivity index is 2.02. The van der Waals surface area contributed by atoms with Crippen LogP contribution in [-0.2, 0) is 16.0 Å². The molecule has 1 aromatic heterocycles. The van der Waals surface area contributed by atoms with Crippen LogP contribution in [0, 0.1) is 6.92 Å². The van der Waals surface area contributed by atoms with Crippen LogP contribution in [0.25, 0.3) is 0 Å². The molecule has 4 nitrogen and oxygen atoms in total. The number of thiophene rings is 1. The molecule has 0 fully saturated rings. The number of hydrogen-bond acceptors (Lipinski definition) is 4. The molecule has 0 aliphatic heterocycles. The highest BCUT2D eigenvalue weighted by atomic mass is 35.5. The van der Waals surface area contributed by atoms with Gasteiger partial charge in [0.05, 0.1) is 15.7 Å². The van der Waals surface area contributed by atoms with Gasteiger partial charge < -0.3 is 10.1 Å². The molecule has 2 aromatic rings. The Morgan fingerprint density at radius 2 is 2.04 bits per heavy atom. The highest BCUT2D eigenvalue weighted by Crippen LogP contribution is 2.30. The average Bonchev–Trinajstić information content (AvgIpc) is 2.93. The fourth-order valence-electron chi connectivity index (χ4n) is 2.24. The Morgan fingerprint density at radius 1 is 1.32 bits per heavy atom. The Bertz CT molecular complexity index is 789. The van der Waals surface area contributed by atoms with Crippen LogP contribution in [0.1, 0.15) is 40.4 Å². The van der Waals surface area contributed by atoms with E-state index >= 15 is 0 Å². The molecule has 0 aliphatic carbocycles. The summed E-state index contributed by atoms with van der Waals surface area (Å²) in [6.45, 7) is 5.57. The van der Waals surface area contributed by atoms with E-state index in [9.17, 15) is 9.59 Å². The predicted octanol–water partition coefficient (Wildman–Crippen LogP) is 5.50. The van der Waals surface area contributed by atoms with Gasteiger partial charge >= 0.3 is 5.97 Å². The molecule has 134 valence electrons. The Morgan fingerprint density at radius 3 is 2.72 bits per heavy atom. The fraction of sp³-hybridized carbons (Fsp3) is 0.333. The lowest BCUT2D eigenvalue weighted by atomic mass is 10.1. The molecule has 0 bridgehead atoms. The number of carbonyl (C=O) groups is 2. The van der Waals surface area contributed by atoms with Gasteiger partial charge in [-0.15, -0.1) is 11.3 Å². The maximum atomic E-state index is 12.3. The molecule has 1 amide bonds. The number of hydrogen-bond donors (Lipinski definition) is 1. The predicted molar refractivity (Wildman–Crippen MR) is 103 cm³/mol. The minimum atomic E-state index is -0.959. The normalized spacial score (nSPS) is 11.9. The smallest absolute Gasteiger partial charge is 0.349 e. The minimum absolute atomic E-state index is 0.245. The van der Waals surface area contributed by atoms with Crippen LogP contribution in [0.3, 0.4) is 0 Å². The van der Waals surface area contributed by atoms with Crippen molar-refractivity contribution in [2.24, 2.45) is 0 Å². The van der Waals surface area contributed by atoms with Crippen LogP contribution < -0.4 is 5.32 Å². The molecule has 0 saturated heterocycles. The lowest BCUT2D eigenvalue weighted by Crippen LogP contribution is -2.29. The number of nitrogens with one attached hydrogen (secondary N) is 1. The van der Waals surface area contributed by atoms with E-state index in [4.69, 9.17) is 27.9 Å². The van der Waals surface area contributed by atoms with E-state index in [0.717, 1.165) is 23.3 Å². The van der Waals surface area contributed by atoms with Crippen molar-refractivity contribution in [2.75, 3.05) is 5.32 Å². The van der Waals surface area contributed by atoms with Crippen molar-refractivity contribution in [1.29, 1.82) is 0 Å². The maximum absolute atomic E-state index is 12.3. The average molecular weight is 400 g/mol. The zero-order valence-electron chi connectivity index (χ0n) is 14.2. The lowest BCUT2D eigenvalue weighted by Gasteiger charge is -2.14. The highest BCUT2D eigenvalue weighted by Gasteiger charge is 2.22. The molecule has 1 unspecified atom stereocenters. The van der Waals surface area contributed by atoms with Crippen molar-refractivity contribution in [3.05, 3.63) is 49.6 Å². The number of benzene rings is 1. The Labute approximate surface area is 161 Å². The van der Waals surface area contributed by atoms with Crippen LogP contribution in [0.15, 0.2) is 24.3 Å². The molecule has 25 heavy (non-hydrogen) atoms. The molecular weight excluding hydrogens is 381 g/mol. The van der Waals surface area contributed by atoms with Crippen LogP contribution in [0.5, 0.6) is 0 Å². The molecule has 0 aliphatic rings. The van der Waals surface area contributed by atoms with Gasteiger partial charge in [-0.2, -0.15) is 0 Å². The van der Waals surface area contributed by atoms with E-state index in [2.05, 4.69) is 12.2 Å². The molecule has 1 N–H and O–H groups in total. The standard InChI is InChI=1S/C18H19Cl2NO3S/c1-4-6-12-9-15(25-11(12)3)18(23)24-10(2)17(22)21-14-8-5-7-13(19)16(14)20/h5,7-10H,4,6H2,1-3H3,(H,21,22). The van der Waals surface area contributed by atoms with Gasteiger partial charge in [0.1, 0.15) is 4.88 Å². The SMILES string of the molecule is CCCc1cc(C(=O)OC(C)C(=O)Nc2cccc(Cl)c2Cl)sc1C. The molecule has 0 radical (unpaired) electrons. The van der Waals surface area contributed by atoms with Gasteiger partial charge in [-0.25, -0.2) is 4.79 Å². The molecule has 0 spiro atoms. The van der Waals surface area contributed by atoms with E-state index in [1.54, 1.807) is 18.2 Å². The monoisotopic (exact) mass is 399 g/mol. The van der Waals surface area contributed by atoms with E-state index in [-0.39, 0.29) is 5.02 Å². The molecule has 1 atom stereocenters. The second kappa shape index (κ2) is 8.70. The number of aryl methyl sites for hydroxylation is 2. The lowest BCUT2D eigenvalue weighted by molar-refractivity contribution is -0.123. The summed E-state index contributed by atoms with van der Waals surface area (Å²) in [6.07, 6.45) is 0.962. The number of anilines is 1. The van der Waals surface area contributed by atoms with Crippen molar-refractivity contribution in [2.45, 2.75) is 39.7 Å². The van der Waals surface area contributed by atoms with Gasteiger partial charge in [0, 0.05) is 4.88 Å². The van der Waals surface area contributed by atoms with Gasteiger partial charge in [0.2, 0.25) is 0 Å². The Hall–Kier alpha value is -1.56. The number of amides is 1. The van der Waals surface area contributed by atoms with Crippen molar-refractivity contribution >= 4 is 52.1 Å². The number of halogens is 2. The number of esters is 1. The Kier molecular flexibility index (Phi) is 6.87. The van der Waals surface area contributed by atoms with E-state index in [0.29, 0.717) is 15.6 Å². The van der Waals surface area contributed by atoms with Crippen molar-refractivity contribution < 1.29 is 14.3 Å². The molecule has 0 saturated carbocycles. The van der Waals surface area contributed by atoms with Gasteiger partial charge in [0.25, 0.3) is 5.91 Å². The zero-order chi connectivity index (χ0) is 18.6. The molecule has 1 aromatic carbocycles. The van der Waals surface area contributed by atoms with E-state index in [1.807, 2.05) is 13.0 Å². The summed E-state index contributed by atoms with van der Waals surface area (Å²) in [5.74, 6) is -0.977. The van der Waals surface area contributed by atoms with E-state index < -0.39 is 18.0 Å². The van der Waals surface area contributed by atoms with Crippen LogP contribution >= 0.6 is 34.5 Å². The van der Waals surface area contributed by atoms with Crippen molar-refractivity contribution in [1.82, 2.24) is 0 Å². The van der Waals surface area contributed by atoms with Gasteiger partial charge in [-0.1, -0.05) is 42.6 Å². The first-order chi connectivity index (χ1) is 11.8. The summed E-state index contributed by atoms with van der Waals surface area (Å²) in [5.41, 5.74) is 1.52. The maximum Gasteiger partial charge on any atom is 0.349 e. The second-order valence-electron chi connectivity index (χ2n) is 5.58. The van der Waals surface area contributed by atoms with Crippen LogP contribution in [0.2, 0.25) is 10.0 Å². The fourth-order valence-corrected chi connectivity index (χ4v) is 3.55. The molecule has 1 heterocycles. The highest BCUT2D eigenvalue weighted by molar-refractivity contribution is 7.14. The quantitative estimate of drug-likeness (QED) is 0.652. The summed E-state index contributed by atoms with van der Waals surface area (Å²) < 4.78 is 5.27. The van der Waals surface area contributed by atoms with Crippen LogP contribution in [0.4, 0.5) is 5.69 Å². The van der Waals surface area contributed by atoms with Gasteiger partial charge in [0.15, 0.2) is 6.10 Å². The second-order valence-corrected chi connectivity index (χ2v) is 7.62. The summed E-state index contributed by atoms with van der Waals surface area (Å²) in [6, 6.07) is 6.75. The minimum Gasteiger partial charge on any atom is -0.448 e. The summed E-state index contributed by atoms with van der Waals surface area (Å²) in [4.78, 5) is 26.1. The number of rotatable bonds is 6. The first kappa shape index (κ1) is 19.8. The summed E-state index contributed by atoms with van der Waals surface area (Å²) in [7, 11) is 0. The van der Waals surface area contributed by atoms with Crippen molar-refractivity contribution in [3.8, 4) is 0 Å². The van der Waals surface area contributed by atoms with Crippen molar-refractivity contribution in [3.63, 3.8) is 0 Å². The topological polar surface area (TPSA) is 55.4 Å². The number of carbonyl (C=O) groups excluding carboxylic acids is 2. The third kappa shape index (κ3) is 4.97.